The standard InChI is InChI=1S/C14H17N3O2/c1-17-7-5-11-9(4-6-15-13(11)17)8-10-2-3-12(18)16-14(10)19/h4,6,10H,2-3,5,7-8H2,1H3,(H,16,18,19). The first-order valence-electron chi connectivity index (χ1n) is 6.66. The average Bonchev–Trinajstić information content (AvgIpc) is 2.76. The minimum absolute atomic E-state index is 0.0879. The van der Waals surface area contributed by atoms with Gasteiger partial charge in [-0.1, -0.05) is 0 Å². The number of piperidine rings is 1. The summed E-state index contributed by atoms with van der Waals surface area (Å²) < 4.78 is 0. The van der Waals surface area contributed by atoms with Crippen LogP contribution in [0.5, 0.6) is 0 Å². The molecule has 2 aliphatic rings. The van der Waals surface area contributed by atoms with Crippen molar-refractivity contribution in [1.29, 1.82) is 0 Å². The van der Waals surface area contributed by atoms with Gasteiger partial charge < -0.3 is 4.90 Å². The molecule has 0 saturated carbocycles. The maximum Gasteiger partial charge on any atom is 0.230 e. The maximum atomic E-state index is 11.8. The van der Waals surface area contributed by atoms with Crippen LogP contribution in [0.1, 0.15) is 24.0 Å². The molecule has 1 fully saturated rings. The van der Waals surface area contributed by atoms with Gasteiger partial charge in [-0.25, -0.2) is 4.98 Å². The highest BCUT2D eigenvalue weighted by Crippen LogP contribution is 2.29. The Hall–Kier alpha value is -1.91. The molecule has 1 atom stereocenters. The Morgan fingerprint density at radius 2 is 2.26 bits per heavy atom. The first kappa shape index (κ1) is 12.1. The molecular formula is C14H17N3O2. The van der Waals surface area contributed by atoms with E-state index in [9.17, 15) is 9.59 Å². The third-order valence-corrected chi connectivity index (χ3v) is 4.01. The Morgan fingerprint density at radius 1 is 1.42 bits per heavy atom. The van der Waals surface area contributed by atoms with Crippen LogP contribution in [0.2, 0.25) is 0 Å². The van der Waals surface area contributed by atoms with E-state index < -0.39 is 0 Å². The van der Waals surface area contributed by atoms with E-state index in [0.717, 1.165) is 18.8 Å². The van der Waals surface area contributed by atoms with Crippen LogP contribution < -0.4 is 10.2 Å². The normalized spacial score (nSPS) is 22.4. The van der Waals surface area contributed by atoms with Crippen LogP contribution in [0.4, 0.5) is 5.82 Å². The van der Waals surface area contributed by atoms with Crippen molar-refractivity contribution in [2.45, 2.75) is 25.7 Å². The van der Waals surface area contributed by atoms with Crippen molar-refractivity contribution >= 4 is 17.6 Å². The van der Waals surface area contributed by atoms with Gasteiger partial charge in [0.15, 0.2) is 0 Å². The molecule has 0 bridgehead atoms. The van der Waals surface area contributed by atoms with Crippen molar-refractivity contribution < 1.29 is 9.59 Å². The average molecular weight is 259 g/mol. The summed E-state index contributed by atoms with van der Waals surface area (Å²) in [5.41, 5.74) is 2.46. The van der Waals surface area contributed by atoms with Crippen molar-refractivity contribution in [3.8, 4) is 0 Å². The third-order valence-electron chi connectivity index (χ3n) is 4.01. The van der Waals surface area contributed by atoms with Gasteiger partial charge in [-0.3, -0.25) is 14.9 Å². The summed E-state index contributed by atoms with van der Waals surface area (Å²) in [6.45, 7) is 0.981. The fraction of sp³-hybridized carbons (Fsp3) is 0.500. The molecule has 100 valence electrons. The molecule has 2 amide bonds. The lowest BCUT2D eigenvalue weighted by Crippen LogP contribution is -2.41. The first-order valence-corrected chi connectivity index (χ1v) is 6.66. The Kier molecular flexibility index (Phi) is 2.97. The van der Waals surface area contributed by atoms with Gasteiger partial charge in [0, 0.05) is 32.1 Å². The zero-order chi connectivity index (χ0) is 13.4. The molecular weight excluding hydrogens is 242 g/mol. The van der Waals surface area contributed by atoms with E-state index in [1.807, 2.05) is 19.3 Å². The summed E-state index contributed by atoms with van der Waals surface area (Å²) in [5.74, 6) is 0.661. The van der Waals surface area contributed by atoms with Gasteiger partial charge in [-0.2, -0.15) is 0 Å². The predicted octanol–water partition coefficient (Wildman–Crippen LogP) is 0.669. The Morgan fingerprint density at radius 3 is 3.05 bits per heavy atom. The van der Waals surface area contributed by atoms with Gasteiger partial charge in [0.25, 0.3) is 0 Å². The molecule has 2 aliphatic heterocycles. The smallest absolute Gasteiger partial charge is 0.230 e. The molecule has 1 saturated heterocycles. The van der Waals surface area contributed by atoms with E-state index in [2.05, 4.69) is 15.2 Å². The van der Waals surface area contributed by atoms with Gasteiger partial charge in [-0.05, 0) is 36.5 Å². The van der Waals surface area contributed by atoms with Gasteiger partial charge >= 0.3 is 0 Å². The molecule has 1 N–H and O–H groups in total. The minimum Gasteiger partial charge on any atom is -0.359 e. The van der Waals surface area contributed by atoms with Crippen molar-refractivity contribution in [3.63, 3.8) is 0 Å². The van der Waals surface area contributed by atoms with Crippen LogP contribution in [0.3, 0.4) is 0 Å². The molecule has 0 radical (unpaired) electrons. The van der Waals surface area contributed by atoms with Crippen LogP contribution in [0, 0.1) is 5.92 Å². The number of nitrogens with zero attached hydrogens (tertiary/aromatic N) is 2. The molecule has 0 aliphatic carbocycles. The van der Waals surface area contributed by atoms with Crippen LogP contribution in [-0.2, 0) is 22.4 Å². The number of fused-ring (bicyclic) bond motifs is 1. The number of hydrogen-bond donors (Lipinski definition) is 1. The molecule has 5 heteroatoms. The zero-order valence-corrected chi connectivity index (χ0v) is 11.0. The van der Waals surface area contributed by atoms with Crippen LogP contribution >= 0.6 is 0 Å². The number of rotatable bonds is 2. The van der Waals surface area contributed by atoms with E-state index in [1.54, 1.807) is 0 Å². The lowest BCUT2D eigenvalue weighted by Gasteiger charge is -2.21. The van der Waals surface area contributed by atoms with E-state index >= 15 is 0 Å². The van der Waals surface area contributed by atoms with Crippen molar-refractivity contribution in [3.05, 3.63) is 23.4 Å². The molecule has 5 nitrogen and oxygen atoms in total. The fourth-order valence-corrected chi connectivity index (χ4v) is 2.90. The van der Waals surface area contributed by atoms with Crippen molar-refractivity contribution in [2.24, 2.45) is 5.92 Å². The molecule has 1 aromatic rings. The summed E-state index contributed by atoms with van der Waals surface area (Å²) in [6.07, 6.45) is 4.60. The monoisotopic (exact) mass is 259 g/mol. The third kappa shape index (κ3) is 2.20. The van der Waals surface area contributed by atoms with Gasteiger partial charge in [0.2, 0.25) is 11.8 Å². The summed E-state index contributed by atoms with van der Waals surface area (Å²) in [7, 11) is 2.04. The second-order valence-corrected chi connectivity index (χ2v) is 5.30. The first-order chi connectivity index (χ1) is 9.15. The number of anilines is 1. The topological polar surface area (TPSA) is 62.3 Å². The van der Waals surface area contributed by atoms with Crippen molar-refractivity contribution in [1.82, 2.24) is 10.3 Å². The molecule has 1 unspecified atom stereocenters. The molecule has 1 aromatic heterocycles. The predicted molar refractivity (Wildman–Crippen MR) is 70.8 cm³/mol. The zero-order valence-electron chi connectivity index (χ0n) is 11.0. The second-order valence-electron chi connectivity index (χ2n) is 5.30. The number of aromatic nitrogens is 1. The van der Waals surface area contributed by atoms with Crippen LogP contribution in [0.25, 0.3) is 0 Å². The second kappa shape index (κ2) is 4.64. The van der Waals surface area contributed by atoms with E-state index in [0.29, 0.717) is 19.3 Å². The van der Waals surface area contributed by atoms with Gasteiger partial charge in [0.1, 0.15) is 5.82 Å². The highest BCUT2D eigenvalue weighted by Gasteiger charge is 2.28. The molecule has 3 heterocycles. The van der Waals surface area contributed by atoms with Crippen molar-refractivity contribution in [2.75, 3.05) is 18.5 Å². The van der Waals surface area contributed by atoms with E-state index in [1.165, 1.54) is 11.1 Å². The molecule has 0 aromatic carbocycles. The molecule has 19 heavy (non-hydrogen) atoms. The number of pyridine rings is 1. The lowest BCUT2D eigenvalue weighted by atomic mass is 9.89. The number of hydrogen-bond acceptors (Lipinski definition) is 4. The highest BCUT2D eigenvalue weighted by atomic mass is 16.2. The number of nitrogens with one attached hydrogen (secondary N) is 1. The SMILES string of the molecule is CN1CCc2c(CC3CCC(=O)NC3=O)ccnc21. The number of likely N-dealkylation sites (N-methyl/N-ethyl adjacent to an activating group) is 1. The summed E-state index contributed by atoms with van der Waals surface area (Å²) in [5, 5.41) is 2.42. The number of amides is 2. The quantitative estimate of drug-likeness (QED) is 0.793. The lowest BCUT2D eigenvalue weighted by molar-refractivity contribution is -0.136. The summed E-state index contributed by atoms with van der Waals surface area (Å²) in [4.78, 5) is 29.5. The number of imide groups is 1. The van der Waals surface area contributed by atoms with Gasteiger partial charge in [0.05, 0.1) is 0 Å². The summed E-state index contributed by atoms with van der Waals surface area (Å²) in [6, 6.07) is 2.00. The summed E-state index contributed by atoms with van der Waals surface area (Å²) >= 11 is 0. The van der Waals surface area contributed by atoms with E-state index in [-0.39, 0.29) is 17.7 Å². The Labute approximate surface area is 112 Å². The Balaban J connectivity index is 1.81. The largest absolute Gasteiger partial charge is 0.359 e. The fourth-order valence-electron chi connectivity index (χ4n) is 2.90. The van der Waals surface area contributed by atoms with E-state index in [4.69, 9.17) is 0 Å². The van der Waals surface area contributed by atoms with Crippen LogP contribution in [-0.4, -0.2) is 30.4 Å². The van der Waals surface area contributed by atoms with Gasteiger partial charge in [-0.15, -0.1) is 0 Å². The maximum absolute atomic E-state index is 11.8. The minimum atomic E-state index is -0.152. The molecule has 0 spiro atoms. The highest BCUT2D eigenvalue weighted by molar-refractivity contribution is 5.98. The Bertz CT molecular complexity index is 541. The van der Waals surface area contributed by atoms with Crippen LogP contribution in [0.15, 0.2) is 12.3 Å². The molecule has 3 rings (SSSR count). The number of carbonyl (C=O) groups is 2. The number of carbonyl (C=O) groups excluding carboxylic acids is 2.